The van der Waals surface area contributed by atoms with Gasteiger partial charge in [0, 0.05) is 18.8 Å². The number of guanidine groups is 1. The van der Waals surface area contributed by atoms with Crippen LogP contribution < -0.4 is 11.1 Å². The number of rotatable bonds is 5. The van der Waals surface area contributed by atoms with E-state index < -0.39 is 0 Å². The van der Waals surface area contributed by atoms with Crippen LogP contribution in [0.3, 0.4) is 0 Å². The van der Waals surface area contributed by atoms with Crippen molar-refractivity contribution in [1.29, 1.82) is 0 Å². The Kier molecular flexibility index (Phi) is 6.69. The highest BCUT2D eigenvalue weighted by Gasteiger charge is 2.22. The summed E-state index contributed by atoms with van der Waals surface area (Å²) in [6, 6.07) is 16.6. The van der Waals surface area contributed by atoms with Crippen molar-refractivity contribution in [3.05, 3.63) is 65.2 Å². The third-order valence-electron chi connectivity index (χ3n) is 5.50. The Morgan fingerprint density at radius 1 is 1.11 bits per heavy atom. The summed E-state index contributed by atoms with van der Waals surface area (Å²) in [6.07, 6.45) is 3.18. The minimum atomic E-state index is 0.0444. The third-order valence-corrected chi connectivity index (χ3v) is 5.50. The molecule has 0 saturated carbocycles. The summed E-state index contributed by atoms with van der Waals surface area (Å²) in [7, 11) is 0. The lowest BCUT2D eigenvalue weighted by molar-refractivity contribution is -0.130. The number of carbonyl (C=O) groups is 1. The highest BCUT2D eigenvalue weighted by Crippen LogP contribution is 2.21. The largest absolute Gasteiger partial charge is 0.370 e. The number of nitrogens with zero attached hydrogens (tertiary/aromatic N) is 2. The highest BCUT2D eigenvalue weighted by atomic mass is 16.2. The van der Waals surface area contributed by atoms with Gasteiger partial charge in [0.15, 0.2) is 5.96 Å². The molecule has 1 fully saturated rings. The van der Waals surface area contributed by atoms with E-state index in [1.807, 2.05) is 29.2 Å². The van der Waals surface area contributed by atoms with Gasteiger partial charge >= 0.3 is 0 Å². The first kappa shape index (κ1) is 19.9. The summed E-state index contributed by atoms with van der Waals surface area (Å²) in [6.45, 7) is 5.82. The molecule has 2 aromatic rings. The number of anilines is 1. The van der Waals surface area contributed by atoms with Gasteiger partial charge in [-0.3, -0.25) is 4.79 Å². The number of aliphatic imine (C=N–C) groups is 1. The number of benzene rings is 2. The zero-order valence-electron chi connectivity index (χ0n) is 16.8. The van der Waals surface area contributed by atoms with Crippen LogP contribution in [0.2, 0.25) is 0 Å². The predicted molar refractivity (Wildman–Crippen MR) is 115 cm³/mol. The number of nitrogens with one attached hydrogen (secondary N) is 1. The quantitative estimate of drug-likeness (QED) is 0.618. The minimum Gasteiger partial charge on any atom is -0.370 e. The molecule has 3 N–H and O–H groups in total. The predicted octanol–water partition coefficient (Wildman–Crippen LogP) is 3.51. The van der Waals surface area contributed by atoms with E-state index in [-0.39, 0.29) is 18.4 Å². The summed E-state index contributed by atoms with van der Waals surface area (Å²) < 4.78 is 0. The van der Waals surface area contributed by atoms with Gasteiger partial charge in [0.2, 0.25) is 5.91 Å². The molecule has 0 radical (unpaired) electrons. The fourth-order valence-electron chi connectivity index (χ4n) is 3.59. The minimum absolute atomic E-state index is 0.0444. The molecule has 1 heterocycles. The van der Waals surface area contributed by atoms with E-state index in [1.54, 1.807) is 0 Å². The molecule has 0 unspecified atom stereocenters. The van der Waals surface area contributed by atoms with E-state index in [4.69, 9.17) is 5.73 Å². The second kappa shape index (κ2) is 9.40. The van der Waals surface area contributed by atoms with Crippen molar-refractivity contribution in [1.82, 2.24) is 4.90 Å². The van der Waals surface area contributed by atoms with Gasteiger partial charge in [0.05, 0.1) is 0 Å². The van der Waals surface area contributed by atoms with Gasteiger partial charge in [0.25, 0.3) is 0 Å². The molecular weight excluding hydrogens is 348 g/mol. The molecule has 5 nitrogen and oxygen atoms in total. The second-order valence-corrected chi connectivity index (χ2v) is 7.64. The van der Waals surface area contributed by atoms with Crippen molar-refractivity contribution in [2.45, 2.75) is 33.1 Å². The first-order valence-corrected chi connectivity index (χ1v) is 9.97. The van der Waals surface area contributed by atoms with Crippen LogP contribution in [0.25, 0.3) is 0 Å². The Balaban J connectivity index is 1.44. The SMILES string of the molecule is Cc1ccc(NC(N)=NCC(=O)N2CCC(Cc3ccccc3)CC2)cc1C. The fourth-order valence-corrected chi connectivity index (χ4v) is 3.59. The Labute approximate surface area is 167 Å². The first-order valence-electron chi connectivity index (χ1n) is 9.97. The number of hydrogen-bond acceptors (Lipinski definition) is 2. The van der Waals surface area contributed by atoms with Gasteiger partial charge in [0.1, 0.15) is 6.54 Å². The molecule has 0 atom stereocenters. The van der Waals surface area contributed by atoms with Crippen LogP contribution in [0, 0.1) is 19.8 Å². The Morgan fingerprint density at radius 3 is 2.50 bits per heavy atom. The van der Waals surface area contributed by atoms with E-state index in [0.717, 1.165) is 38.0 Å². The summed E-state index contributed by atoms with van der Waals surface area (Å²) in [5.41, 5.74) is 10.6. The van der Waals surface area contributed by atoms with Crippen LogP contribution in [0.5, 0.6) is 0 Å². The maximum atomic E-state index is 12.5. The molecule has 28 heavy (non-hydrogen) atoms. The molecule has 2 aromatic carbocycles. The number of piperidine rings is 1. The van der Waals surface area contributed by atoms with Crippen molar-refractivity contribution < 1.29 is 4.79 Å². The Morgan fingerprint density at radius 2 is 1.82 bits per heavy atom. The molecule has 0 aliphatic carbocycles. The van der Waals surface area contributed by atoms with Gasteiger partial charge in [-0.1, -0.05) is 36.4 Å². The van der Waals surface area contributed by atoms with Crippen LogP contribution >= 0.6 is 0 Å². The zero-order valence-corrected chi connectivity index (χ0v) is 16.8. The van der Waals surface area contributed by atoms with Crippen LogP contribution in [0.1, 0.15) is 29.5 Å². The van der Waals surface area contributed by atoms with E-state index in [2.05, 4.69) is 48.4 Å². The molecule has 148 valence electrons. The summed E-state index contributed by atoms with van der Waals surface area (Å²) in [5, 5.41) is 3.06. The standard InChI is InChI=1S/C23H30N4O/c1-17-8-9-21(14-18(17)2)26-23(24)25-16-22(28)27-12-10-20(11-13-27)15-19-6-4-3-5-7-19/h3-9,14,20H,10-13,15-16H2,1-2H3,(H3,24,25,26). The second-order valence-electron chi connectivity index (χ2n) is 7.64. The molecule has 3 rings (SSSR count). The van der Waals surface area contributed by atoms with E-state index in [0.29, 0.717) is 5.92 Å². The number of amides is 1. The molecule has 1 saturated heterocycles. The van der Waals surface area contributed by atoms with Crippen LogP contribution in [0.4, 0.5) is 5.69 Å². The van der Waals surface area contributed by atoms with Crippen LogP contribution in [-0.4, -0.2) is 36.4 Å². The van der Waals surface area contributed by atoms with Crippen molar-refractivity contribution >= 4 is 17.6 Å². The van der Waals surface area contributed by atoms with Gasteiger partial charge in [-0.2, -0.15) is 0 Å². The Hall–Kier alpha value is -2.82. The van der Waals surface area contributed by atoms with Crippen molar-refractivity contribution in [3.63, 3.8) is 0 Å². The number of nitrogens with two attached hydrogens (primary N) is 1. The molecule has 0 spiro atoms. The van der Waals surface area contributed by atoms with Gasteiger partial charge in [-0.15, -0.1) is 0 Å². The van der Waals surface area contributed by atoms with E-state index in [1.165, 1.54) is 16.7 Å². The number of aryl methyl sites for hydroxylation is 2. The number of likely N-dealkylation sites (tertiary alicyclic amines) is 1. The molecule has 1 amide bonds. The maximum Gasteiger partial charge on any atom is 0.244 e. The van der Waals surface area contributed by atoms with Crippen LogP contribution in [0.15, 0.2) is 53.5 Å². The summed E-state index contributed by atoms with van der Waals surface area (Å²) >= 11 is 0. The molecule has 1 aliphatic heterocycles. The summed E-state index contributed by atoms with van der Waals surface area (Å²) in [4.78, 5) is 18.6. The maximum absolute atomic E-state index is 12.5. The zero-order chi connectivity index (χ0) is 19.9. The average Bonchev–Trinajstić information content (AvgIpc) is 2.70. The fraction of sp³-hybridized carbons (Fsp3) is 0.391. The van der Waals surface area contributed by atoms with E-state index in [9.17, 15) is 4.79 Å². The lowest BCUT2D eigenvalue weighted by atomic mass is 9.90. The van der Waals surface area contributed by atoms with Gasteiger partial charge in [-0.25, -0.2) is 4.99 Å². The lowest BCUT2D eigenvalue weighted by Crippen LogP contribution is -2.40. The molecular formula is C23H30N4O. The summed E-state index contributed by atoms with van der Waals surface area (Å²) in [5.74, 6) is 0.963. The van der Waals surface area contributed by atoms with Crippen molar-refractivity contribution in [2.24, 2.45) is 16.6 Å². The number of hydrogen-bond donors (Lipinski definition) is 2. The third kappa shape index (κ3) is 5.59. The van der Waals surface area contributed by atoms with Gasteiger partial charge < -0.3 is 16.0 Å². The van der Waals surface area contributed by atoms with Crippen LogP contribution in [-0.2, 0) is 11.2 Å². The average molecular weight is 379 g/mol. The van der Waals surface area contributed by atoms with E-state index >= 15 is 0 Å². The lowest BCUT2D eigenvalue weighted by Gasteiger charge is -2.31. The first-order chi connectivity index (χ1) is 13.5. The van der Waals surface area contributed by atoms with Crippen molar-refractivity contribution in [2.75, 3.05) is 25.0 Å². The normalized spacial score (nSPS) is 15.5. The molecule has 0 bridgehead atoms. The van der Waals surface area contributed by atoms with Crippen molar-refractivity contribution in [3.8, 4) is 0 Å². The monoisotopic (exact) mass is 378 g/mol. The molecule has 0 aromatic heterocycles. The van der Waals surface area contributed by atoms with Gasteiger partial charge in [-0.05, 0) is 67.9 Å². The molecule has 5 heteroatoms. The topological polar surface area (TPSA) is 70.7 Å². The molecule has 1 aliphatic rings. The highest BCUT2D eigenvalue weighted by molar-refractivity contribution is 5.94. The number of carbonyl (C=O) groups excluding carboxylic acids is 1. The smallest absolute Gasteiger partial charge is 0.244 e. The Bertz CT molecular complexity index is 824.